The molecule has 1 N–H and O–H groups in total. The predicted octanol–water partition coefficient (Wildman–Crippen LogP) is 2.92. The zero-order valence-corrected chi connectivity index (χ0v) is 11.4. The average Bonchev–Trinajstić information content (AvgIpc) is 2.58. The summed E-state index contributed by atoms with van der Waals surface area (Å²) in [5.41, 5.74) is 1.26. The van der Waals surface area contributed by atoms with Crippen molar-refractivity contribution in [1.29, 1.82) is 0 Å². The number of imidazole rings is 1. The molecule has 1 unspecified atom stereocenters. The van der Waals surface area contributed by atoms with Gasteiger partial charge in [0.1, 0.15) is 5.82 Å². The van der Waals surface area contributed by atoms with Crippen molar-refractivity contribution in [2.45, 2.75) is 59.0 Å². The van der Waals surface area contributed by atoms with Gasteiger partial charge < -0.3 is 9.88 Å². The van der Waals surface area contributed by atoms with Crippen molar-refractivity contribution in [3.8, 4) is 0 Å². The van der Waals surface area contributed by atoms with Crippen molar-refractivity contribution in [3.05, 3.63) is 17.7 Å². The molecule has 2 rings (SSSR count). The van der Waals surface area contributed by atoms with Gasteiger partial charge >= 0.3 is 0 Å². The minimum atomic E-state index is 0.447. The first-order chi connectivity index (χ1) is 8.20. The Hall–Kier alpha value is -0.830. The Morgan fingerprint density at radius 3 is 3.06 bits per heavy atom. The molecule has 0 bridgehead atoms. The van der Waals surface area contributed by atoms with Crippen LogP contribution in [0.1, 0.15) is 57.6 Å². The van der Waals surface area contributed by atoms with Crippen molar-refractivity contribution in [3.63, 3.8) is 0 Å². The van der Waals surface area contributed by atoms with Crippen molar-refractivity contribution in [2.75, 3.05) is 6.54 Å². The van der Waals surface area contributed by atoms with Crippen LogP contribution in [0.2, 0.25) is 0 Å². The molecule has 0 fully saturated rings. The van der Waals surface area contributed by atoms with E-state index in [-0.39, 0.29) is 0 Å². The third-order valence-corrected chi connectivity index (χ3v) is 3.35. The van der Waals surface area contributed by atoms with E-state index in [2.05, 4.69) is 36.9 Å². The van der Waals surface area contributed by atoms with E-state index < -0.39 is 0 Å². The number of hydrogen-bond donors (Lipinski definition) is 1. The van der Waals surface area contributed by atoms with Gasteiger partial charge in [0.25, 0.3) is 0 Å². The quantitative estimate of drug-likeness (QED) is 0.869. The highest BCUT2D eigenvalue weighted by atomic mass is 15.1. The highest BCUT2D eigenvalue weighted by molar-refractivity contribution is 5.09. The lowest BCUT2D eigenvalue weighted by atomic mass is 10.0. The molecule has 1 atom stereocenters. The predicted molar refractivity (Wildman–Crippen MR) is 71.0 cm³/mol. The van der Waals surface area contributed by atoms with Crippen LogP contribution in [0.5, 0.6) is 0 Å². The topological polar surface area (TPSA) is 29.9 Å². The van der Waals surface area contributed by atoms with Crippen LogP contribution in [-0.4, -0.2) is 16.1 Å². The van der Waals surface area contributed by atoms with Gasteiger partial charge in [-0.15, -0.1) is 0 Å². The smallest absolute Gasteiger partial charge is 0.126 e. The summed E-state index contributed by atoms with van der Waals surface area (Å²) in [5, 5.41) is 3.64. The van der Waals surface area contributed by atoms with E-state index in [1.807, 2.05) is 0 Å². The monoisotopic (exact) mass is 235 g/mol. The summed E-state index contributed by atoms with van der Waals surface area (Å²) < 4.78 is 2.37. The second-order valence-electron chi connectivity index (χ2n) is 5.52. The first-order valence-electron chi connectivity index (χ1n) is 7.00. The number of hydrogen-bond acceptors (Lipinski definition) is 2. The molecule has 0 amide bonds. The van der Waals surface area contributed by atoms with E-state index in [1.165, 1.54) is 30.8 Å². The fourth-order valence-electron chi connectivity index (χ4n) is 2.60. The number of nitrogens with zero attached hydrogens (tertiary/aromatic N) is 2. The van der Waals surface area contributed by atoms with Gasteiger partial charge in [-0.3, -0.25) is 0 Å². The van der Waals surface area contributed by atoms with E-state index in [4.69, 9.17) is 4.98 Å². The first kappa shape index (κ1) is 12.6. The van der Waals surface area contributed by atoms with Crippen LogP contribution < -0.4 is 5.32 Å². The molecule has 1 aromatic rings. The van der Waals surface area contributed by atoms with Gasteiger partial charge in [-0.2, -0.15) is 0 Å². The molecule has 0 spiro atoms. The first-order valence-corrected chi connectivity index (χ1v) is 7.00. The Labute approximate surface area is 105 Å². The summed E-state index contributed by atoms with van der Waals surface area (Å²) in [4.78, 5) is 4.84. The Kier molecular flexibility index (Phi) is 4.21. The summed E-state index contributed by atoms with van der Waals surface area (Å²) in [7, 11) is 0. The maximum atomic E-state index is 4.84. The van der Waals surface area contributed by atoms with Crippen LogP contribution in [0, 0.1) is 5.92 Å². The Morgan fingerprint density at radius 1 is 1.53 bits per heavy atom. The molecule has 1 aliphatic rings. The van der Waals surface area contributed by atoms with Crippen LogP contribution in [0.3, 0.4) is 0 Å². The normalized spacial score (nSPS) is 20.4. The molecule has 3 heteroatoms. The molecule has 0 saturated carbocycles. The summed E-state index contributed by atoms with van der Waals surface area (Å²) in [6.07, 6.45) is 6.94. The molecule has 2 heterocycles. The van der Waals surface area contributed by atoms with Gasteiger partial charge in [0, 0.05) is 12.7 Å². The van der Waals surface area contributed by atoms with Crippen LogP contribution in [0.15, 0.2) is 6.20 Å². The maximum absolute atomic E-state index is 4.84. The lowest BCUT2D eigenvalue weighted by Gasteiger charge is -2.17. The van der Waals surface area contributed by atoms with Gasteiger partial charge in [0.2, 0.25) is 0 Å². The molecule has 0 radical (unpaired) electrons. The van der Waals surface area contributed by atoms with Crippen molar-refractivity contribution in [2.24, 2.45) is 5.92 Å². The Bertz CT molecular complexity index is 354. The van der Waals surface area contributed by atoms with Gasteiger partial charge in [-0.25, -0.2) is 4.98 Å². The third kappa shape index (κ3) is 3.09. The number of rotatable bonds is 4. The second-order valence-corrected chi connectivity index (χ2v) is 5.52. The Morgan fingerprint density at radius 2 is 2.35 bits per heavy atom. The Balaban J connectivity index is 2.20. The zero-order valence-electron chi connectivity index (χ0n) is 11.4. The molecule has 3 nitrogen and oxygen atoms in total. The highest BCUT2D eigenvalue weighted by Gasteiger charge is 2.21. The van der Waals surface area contributed by atoms with Crippen LogP contribution in [0.4, 0.5) is 0 Å². The van der Waals surface area contributed by atoms with E-state index in [0.717, 1.165) is 19.5 Å². The second kappa shape index (κ2) is 5.67. The summed E-state index contributed by atoms with van der Waals surface area (Å²) in [5.74, 6) is 1.98. The van der Waals surface area contributed by atoms with Gasteiger partial charge in [0.15, 0.2) is 0 Å². The fraction of sp³-hybridized carbons (Fsp3) is 0.786. The molecule has 0 saturated heterocycles. The van der Waals surface area contributed by atoms with E-state index in [1.54, 1.807) is 0 Å². The molecule has 96 valence electrons. The van der Waals surface area contributed by atoms with Gasteiger partial charge in [0.05, 0.1) is 11.7 Å². The van der Waals surface area contributed by atoms with Crippen LogP contribution in [0.25, 0.3) is 0 Å². The largest absolute Gasteiger partial charge is 0.333 e. The zero-order chi connectivity index (χ0) is 12.3. The molecular formula is C14H25N3. The molecule has 1 aromatic heterocycles. The number of aryl methyl sites for hydroxylation is 2. The van der Waals surface area contributed by atoms with Gasteiger partial charge in [-0.1, -0.05) is 27.2 Å². The average molecular weight is 235 g/mol. The minimum absolute atomic E-state index is 0.447. The molecule has 0 aliphatic carbocycles. The summed E-state index contributed by atoms with van der Waals surface area (Å²) in [6.45, 7) is 9.02. The van der Waals surface area contributed by atoms with Crippen LogP contribution >= 0.6 is 0 Å². The highest BCUT2D eigenvalue weighted by Crippen LogP contribution is 2.23. The van der Waals surface area contributed by atoms with Crippen LogP contribution in [-0.2, 0) is 13.0 Å². The van der Waals surface area contributed by atoms with Crippen molar-refractivity contribution >= 4 is 0 Å². The SMILES string of the molecule is CCCc1cn2c(n1)C(CC(C)C)NCCC2. The molecular weight excluding hydrogens is 210 g/mol. The number of nitrogens with one attached hydrogen (secondary N) is 1. The number of fused-ring (bicyclic) bond motifs is 1. The molecule has 17 heavy (non-hydrogen) atoms. The summed E-state index contributed by atoms with van der Waals surface area (Å²) in [6, 6.07) is 0.447. The van der Waals surface area contributed by atoms with E-state index in [9.17, 15) is 0 Å². The standard InChI is InChI=1S/C14H25N3/c1-4-6-12-10-17-8-5-7-15-13(9-11(2)3)14(17)16-12/h10-11,13,15H,4-9H2,1-3H3. The third-order valence-electron chi connectivity index (χ3n) is 3.35. The lowest BCUT2D eigenvalue weighted by Crippen LogP contribution is -2.23. The van der Waals surface area contributed by atoms with Crippen molar-refractivity contribution < 1.29 is 0 Å². The molecule has 1 aliphatic heterocycles. The number of aromatic nitrogens is 2. The van der Waals surface area contributed by atoms with E-state index in [0.29, 0.717) is 12.0 Å². The molecule has 0 aromatic carbocycles. The lowest BCUT2D eigenvalue weighted by molar-refractivity contribution is 0.424. The van der Waals surface area contributed by atoms with Crippen molar-refractivity contribution in [1.82, 2.24) is 14.9 Å². The van der Waals surface area contributed by atoms with E-state index >= 15 is 0 Å². The summed E-state index contributed by atoms with van der Waals surface area (Å²) >= 11 is 0. The maximum Gasteiger partial charge on any atom is 0.126 e. The minimum Gasteiger partial charge on any atom is -0.333 e. The fourth-order valence-corrected chi connectivity index (χ4v) is 2.60. The van der Waals surface area contributed by atoms with Gasteiger partial charge in [-0.05, 0) is 31.7 Å².